The Morgan fingerprint density at radius 3 is 2.80 bits per heavy atom. The molecule has 0 fully saturated rings. The lowest BCUT2D eigenvalue weighted by Gasteiger charge is -2.03. The van der Waals surface area contributed by atoms with Gasteiger partial charge in [-0.1, -0.05) is 23.1 Å². The van der Waals surface area contributed by atoms with Crippen LogP contribution in [0.1, 0.15) is 22.2 Å². The number of hydrogen-bond donors (Lipinski definition) is 2. The summed E-state index contributed by atoms with van der Waals surface area (Å²) in [5, 5.41) is 15.2. The second-order valence-corrected chi connectivity index (χ2v) is 7.80. The lowest BCUT2D eigenvalue weighted by molar-refractivity contribution is -0.143. The number of hydrogen-bond acceptors (Lipinski definition) is 9. The molecule has 11 heteroatoms. The van der Waals surface area contributed by atoms with Crippen molar-refractivity contribution in [1.82, 2.24) is 15.5 Å². The third-order valence-corrected chi connectivity index (χ3v) is 5.66. The first-order valence-corrected chi connectivity index (χ1v) is 9.91. The van der Waals surface area contributed by atoms with Crippen molar-refractivity contribution in [1.29, 1.82) is 0 Å². The van der Waals surface area contributed by atoms with Crippen LogP contribution >= 0.6 is 34.4 Å². The van der Waals surface area contributed by atoms with Crippen molar-refractivity contribution in [3.05, 3.63) is 21.9 Å². The van der Waals surface area contributed by atoms with Crippen molar-refractivity contribution in [2.24, 2.45) is 0 Å². The first-order valence-electron chi connectivity index (χ1n) is 7.23. The van der Waals surface area contributed by atoms with Gasteiger partial charge in [-0.15, -0.1) is 21.5 Å². The van der Waals surface area contributed by atoms with Gasteiger partial charge in [-0.2, -0.15) is 0 Å². The number of carbonyl (C=O) groups excluding carboxylic acids is 3. The van der Waals surface area contributed by atoms with Crippen LogP contribution in [0, 0.1) is 6.92 Å². The van der Waals surface area contributed by atoms with Crippen molar-refractivity contribution in [3.63, 3.8) is 0 Å². The average Bonchev–Trinajstić information content (AvgIpc) is 3.20. The summed E-state index contributed by atoms with van der Waals surface area (Å²) in [6, 6.07) is 1.80. The Morgan fingerprint density at radius 2 is 2.12 bits per heavy atom. The van der Waals surface area contributed by atoms with Gasteiger partial charge in [0.1, 0.15) is 6.54 Å². The molecule has 0 aliphatic heterocycles. The number of ether oxygens (including phenoxy) is 1. The fourth-order valence-corrected chi connectivity index (χ4v) is 3.96. The second kappa shape index (κ2) is 9.49. The summed E-state index contributed by atoms with van der Waals surface area (Å²) in [7, 11) is 0. The number of nitrogens with zero attached hydrogens (tertiary/aromatic N) is 2. The highest BCUT2D eigenvalue weighted by molar-refractivity contribution is 8.01. The molecule has 2 rings (SSSR count). The molecule has 2 aromatic rings. The van der Waals surface area contributed by atoms with Gasteiger partial charge in [0.25, 0.3) is 5.91 Å². The predicted molar refractivity (Wildman–Crippen MR) is 97.3 cm³/mol. The standard InChI is InChI=1S/C14H16N4O4S3/c1-3-22-11(20)5-15-10(19)7-24-14-18-17-13(25-14)16-12(21)9-4-8(2)6-23-9/h4,6H,3,5,7H2,1-2H3,(H,15,19)(H,16,17,21). The molecule has 0 saturated heterocycles. The van der Waals surface area contributed by atoms with Crippen molar-refractivity contribution < 1.29 is 19.1 Å². The van der Waals surface area contributed by atoms with E-state index in [9.17, 15) is 14.4 Å². The first kappa shape index (κ1) is 19.3. The maximum atomic E-state index is 12.0. The largest absolute Gasteiger partial charge is 0.465 e. The van der Waals surface area contributed by atoms with Crippen molar-refractivity contribution in [3.8, 4) is 0 Å². The van der Waals surface area contributed by atoms with E-state index in [4.69, 9.17) is 4.74 Å². The van der Waals surface area contributed by atoms with Crippen LogP contribution in [-0.2, 0) is 14.3 Å². The van der Waals surface area contributed by atoms with Gasteiger partial charge in [-0.3, -0.25) is 19.7 Å². The van der Waals surface area contributed by atoms with E-state index in [1.54, 1.807) is 13.0 Å². The van der Waals surface area contributed by atoms with Crippen LogP contribution in [0.25, 0.3) is 0 Å². The van der Waals surface area contributed by atoms with E-state index in [1.807, 2.05) is 12.3 Å². The summed E-state index contributed by atoms with van der Waals surface area (Å²) in [4.78, 5) is 35.4. The van der Waals surface area contributed by atoms with Gasteiger partial charge >= 0.3 is 5.97 Å². The number of nitrogens with one attached hydrogen (secondary N) is 2. The van der Waals surface area contributed by atoms with Gasteiger partial charge in [0, 0.05) is 0 Å². The number of aromatic nitrogens is 2. The molecule has 0 aromatic carbocycles. The summed E-state index contributed by atoms with van der Waals surface area (Å²) in [6.45, 7) is 3.72. The number of thiophene rings is 1. The zero-order valence-electron chi connectivity index (χ0n) is 13.5. The third-order valence-electron chi connectivity index (χ3n) is 2.64. The van der Waals surface area contributed by atoms with Crippen molar-refractivity contribution >= 4 is 57.4 Å². The molecule has 2 amide bonds. The Kier molecular flexibility index (Phi) is 7.34. The Bertz CT molecular complexity index is 759. The molecule has 0 aliphatic rings. The van der Waals surface area contributed by atoms with E-state index < -0.39 is 5.97 Å². The van der Waals surface area contributed by atoms with E-state index in [1.165, 1.54) is 34.4 Å². The molecule has 134 valence electrons. The predicted octanol–water partition coefficient (Wildman–Crippen LogP) is 1.93. The summed E-state index contributed by atoms with van der Waals surface area (Å²) in [5.74, 6) is -0.942. The molecule has 0 atom stereocenters. The molecule has 0 aliphatic carbocycles. The van der Waals surface area contributed by atoms with E-state index in [2.05, 4.69) is 20.8 Å². The minimum atomic E-state index is -0.481. The Morgan fingerprint density at radius 1 is 1.32 bits per heavy atom. The summed E-state index contributed by atoms with van der Waals surface area (Å²) < 4.78 is 5.26. The highest BCUT2D eigenvalue weighted by atomic mass is 32.2. The highest BCUT2D eigenvalue weighted by Crippen LogP contribution is 2.26. The molecule has 0 unspecified atom stereocenters. The number of rotatable bonds is 8. The monoisotopic (exact) mass is 400 g/mol. The molecular weight excluding hydrogens is 384 g/mol. The smallest absolute Gasteiger partial charge is 0.325 e. The highest BCUT2D eigenvalue weighted by Gasteiger charge is 2.13. The van der Waals surface area contributed by atoms with Crippen molar-refractivity contribution in [2.75, 3.05) is 24.2 Å². The van der Waals surface area contributed by atoms with Gasteiger partial charge in [-0.25, -0.2) is 0 Å². The normalized spacial score (nSPS) is 10.3. The van der Waals surface area contributed by atoms with Gasteiger partial charge in [-0.05, 0) is 30.9 Å². The molecule has 0 saturated carbocycles. The molecular formula is C14H16N4O4S3. The Labute approximate surface area is 156 Å². The minimum Gasteiger partial charge on any atom is -0.465 e. The molecule has 2 N–H and O–H groups in total. The van der Waals surface area contributed by atoms with Crippen LogP contribution in [0.15, 0.2) is 15.8 Å². The van der Waals surface area contributed by atoms with Crippen LogP contribution in [0.4, 0.5) is 5.13 Å². The molecule has 0 spiro atoms. The van der Waals surface area contributed by atoms with Crippen LogP contribution in [0.5, 0.6) is 0 Å². The lowest BCUT2D eigenvalue weighted by Crippen LogP contribution is -2.31. The van der Waals surface area contributed by atoms with Crippen LogP contribution in [-0.4, -0.2) is 46.9 Å². The van der Waals surface area contributed by atoms with Gasteiger partial charge < -0.3 is 10.1 Å². The fraction of sp³-hybridized carbons (Fsp3) is 0.357. The zero-order chi connectivity index (χ0) is 18.2. The first-order chi connectivity index (χ1) is 12.0. The van der Waals surface area contributed by atoms with Crippen LogP contribution in [0.2, 0.25) is 0 Å². The zero-order valence-corrected chi connectivity index (χ0v) is 16.0. The quantitative estimate of drug-likeness (QED) is 0.396. The number of amides is 2. The second-order valence-electron chi connectivity index (χ2n) is 4.69. The molecule has 25 heavy (non-hydrogen) atoms. The summed E-state index contributed by atoms with van der Waals surface area (Å²) in [5.41, 5.74) is 1.03. The van der Waals surface area contributed by atoms with Crippen molar-refractivity contribution in [2.45, 2.75) is 18.2 Å². The van der Waals surface area contributed by atoms with Gasteiger partial charge in [0.05, 0.1) is 17.2 Å². The van der Waals surface area contributed by atoms with Crippen LogP contribution in [0.3, 0.4) is 0 Å². The van der Waals surface area contributed by atoms with E-state index in [0.29, 0.717) is 14.3 Å². The topological polar surface area (TPSA) is 110 Å². The van der Waals surface area contributed by atoms with Crippen LogP contribution < -0.4 is 10.6 Å². The number of carbonyl (C=O) groups is 3. The van der Waals surface area contributed by atoms with E-state index in [-0.39, 0.29) is 30.7 Å². The summed E-state index contributed by atoms with van der Waals surface area (Å²) in [6.07, 6.45) is 0. The Balaban J connectivity index is 1.76. The number of aryl methyl sites for hydroxylation is 1. The lowest BCUT2D eigenvalue weighted by atomic mass is 10.3. The maximum absolute atomic E-state index is 12.0. The molecule has 8 nitrogen and oxygen atoms in total. The summed E-state index contributed by atoms with van der Waals surface area (Å²) >= 11 is 3.71. The molecule has 0 radical (unpaired) electrons. The Hall–Kier alpha value is -1.98. The van der Waals surface area contributed by atoms with Gasteiger partial charge in [0.15, 0.2) is 4.34 Å². The van der Waals surface area contributed by atoms with E-state index >= 15 is 0 Å². The average molecular weight is 401 g/mol. The maximum Gasteiger partial charge on any atom is 0.325 e. The van der Waals surface area contributed by atoms with Gasteiger partial charge in [0.2, 0.25) is 11.0 Å². The minimum absolute atomic E-state index is 0.0894. The molecule has 2 aromatic heterocycles. The fourth-order valence-electron chi connectivity index (χ4n) is 1.59. The number of esters is 1. The third kappa shape index (κ3) is 6.44. The number of thioether (sulfide) groups is 1. The molecule has 2 heterocycles. The SMILES string of the molecule is CCOC(=O)CNC(=O)CSc1nnc(NC(=O)c2cc(C)cs2)s1. The molecule has 0 bridgehead atoms. The van der Waals surface area contributed by atoms with E-state index in [0.717, 1.165) is 5.56 Å². The number of anilines is 1.